The van der Waals surface area contributed by atoms with Crippen molar-refractivity contribution in [1.82, 2.24) is 5.32 Å². The van der Waals surface area contributed by atoms with Crippen molar-refractivity contribution < 1.29 is 4.79 Å². The first-order valence-corrected chi connectivity index (χ1v) is 7.66. The molecule has 2 aliphatic rings. The third-order valence-electron chi connectivity index (χ3n) is 3.35. The van der Waals surface area contributed by atoms with E-state index in [-0.39, 0.29) is 5.91 Å². The Kier molecular flexibility index (Phi) is 3.40. The second kappa shape index (κ2) is 5.07. The number of nitrogens with one attached hydrogen (secondary N) is 1. The van der Waals surface area contributed by atoms with Gasteiger partial charge in [0.1, 0.15) is 9.23 Å². The predicted molar refractivity (Wildman–Crippen MR) is 88.6 cm³/mol. The molecule has 1 amide bonds. The topological polar surface area (TPSA) is 32.3 Å². The van der Waals surface area contributed by atoms with Gasteiger partial charge in [0, 0.05) is 12.2 Å². The van der Waals surface area contributed by atoms with Crippen LogP contribution >= 0.6 is 24.0 Å². The summed E-state index contributed by atoms with van der Waals surface area (Å²) in [5.41, 5.74) is 4.47. The van der Waals surface area contributed by atoms with E-state index < -0.39 is 0 Å². The molecule has 1 N–H and O–H groups in total. The van der Waals surface area contributed by atoms with Crippen molar-refractivity contribution in [2.45, 2.75) is 13.8 Å². The zero-order chi connectivity index (χ0) is 14.3. The number of hydrogen-bond acceptors (Lipinski definition) is 4. The molecule has 0 radical (unpaired) electrons. The first-order chi connectivity index (χ1) is 9.60. The molecule has 5 heteroatoms. The number of carbonyl (C=O) groups is 1. The molecule has 0 atom stereocenters. The van der Waals surface area contributed by atoms with Gasteiger partial charge in [-0.3, -0.25) is 4.79 Å². The number of allylic oxidation sites excluding steroid dienone is 1. The summed E-state index contributed by atoms with van der Waals surface area (Å²) in [7, 11) is 0. The number of thioether (sulfide) groups is 1. The maximum absolute atomic E-state index is 12.0. The van der Waals surface area contributed by atoms with Crippen molar-refractivity contribution in [2.75, 3.05) is 11.4 Å². The van der Waals surface area contributed by atoms with Crippen LogP contribution in [0.3, 0.4) is 0 Å². The third-order valence-corrected chi connectivity index (χ3v) is 4.59. The molecule has 0 saturated carbocycles. The Hall–Kier alpha value is -1.59. The van der Waals surface area contributed by atoms with Gasteiger partial charge >= 0.3 is 0 Å². The third kappa shape index (κ3) is 2.17. The molecule has 0 aliphatic carbocycles. The fraction of sp³-hybridized carbons (Fsp3) is 0.200. The van der Waals surface area contributed by atoms with Gasteiger partial charge in [0.2, 0.25) is 0 Å². The number of hydrogen-bond donors (Lipinski definition) is 1. The summed E-state index contributed by atoms with van der Waals surface area (Å²) in [5.74, 6) is -0.103. The molecule has 102 valence electrons. The second-order valence-corrected chi connectivity index (χ2v) is 6.39. The molecule has 1 fully saturated rings. The van der Waals surface area contributed by atoms with Gasteiger partial charge in [-0.1, -0.05) is 41.7 Å². The Morgan fingerprint density at radius 2 is 2.15 bits per heavy atom. The summed E-state index contributed by atoms with van der Waals surface area (Å²) >= 11 is 6.40. The van der Waals surface area contributed by atoms with Crippen molar-refractivity contribution in [3.63, 3.8) is 0 Å². The molecule has 3 rings (SSSR count). The highest BCUT2D eigenvalue weighted by molar-refractivity contribution is 8.26. The quantitative estimate of drug-likeness (QED) is 0.638. The highest BCUT2D eigenvalue weighted by atomic mass is 32.2. The molecule has 1 saturated heterocycles. The number of benzene rings is 1. The fourth-order valence-electron chi connectivity index (χ4n) is 2.46. The van der Waals surface area contributed by atoms with Crippen LogP contribution in [0.4, 0.5) is 5.69 Å². The number of anilines is 1. The highest BCUT2D eigenvalue weighted by Gasteiger charge is 2.29. The Bertz CT molecular complexity index is 676. The summed E-state index contributed by atoms with van der Waals surface area (Å²) < 4.78 is 0.525. The SMILES string of the molecule is CCN1/C(=C2\SC(=S)NC2=O)C=Cc2cc(C)ccc21. The summed E-state index contributed by atoms with van der Waals surface area (Å²) in [6.07, 6.45) is 4.06. The minimum atomic E-state index is -0.103. The van der Waals surface area contributed by atoms with Gasteiger partial charge in [-0.25, -0.2) is 0 Å². The summed E-state index contributed by atoms with van der Waals surface area (Å²) in [6, 6.07) is 6.35. The van der Waals surface area contributed by atoms with Crippen LogP contribution < -0.4 is 10.2 Å². The van der Waals surface area contributed by atoms with Crippen molar-refractivity contribution >= 4 is 46.0 Å². The summed E-state index contributed by atoms with van der Waals surface area (Å²) in [4.78, 5) is 14.8. The van der Waals surface area contributed by atoms with Gasteiger partial charge in [0.05, 0.1) is 5.70 Å². The lowest BCUT2D eigenvalue weighted by molar-refractivity contribution is -0.115. The number of rotatable bonds is 1. The van der Waals surface area contributed by atoms with Gasteiger partial charge in [-0.05, 0) is 37.6 Å². The normalized spacial score (nSPS) is 21.2. The van der Waals surface area contributed by atoms with E-state index in [0.29, 0.717) is 9.23 Å². The molecular weight excluding hydrogens is 288 g/mol. The molecule has 0 aromatic heterocycles. The summed E-state index contributed by atoms with van der Waals surface area (Å²) in [6.45, 7) is 4.97. The van der Waals surface area contributed by atoms with Crippen LogP contribution in [0, 0.1) is 6.92 Å². The van der Waals surface area contributed by atoms with E-state index >= 15 is 0 Å². The average molecular weight is 302 g/mol. The Labute approximate surface area is 127 Å². The Morgan fingerprint density at radius 1 is 1.35 bits per heavy atom. The van der Waals surface area contributed by atoms with E-state index in [2.05, 4.69) is 48.3 Å². The largest absolute Gasteiger partial charge is 0.340 e. The van der Waals surface area contributed by atoms with Crippen molar-refractivity contribution in [1.29, 1.82) is 0 Å². The van der Waals surface area contributed by atoms with E-state index in [4.69, 9.17) is 12.2 Å². The molecule has 0 bridgehead atoms. The lowest BCUT2D eigenvalue weighted by Crippen LogP contribution is -2.27. The van der Waals surface area contributed by atoms with E-state index in [9.17, 15) is 4.79 Å². The summed E-state index contributed by atoms with van der Waals surface area (Å²) in [5, 5.41) is 2.68. The van der Waals surface area contributed by atoms with E-state index in [1.807, 2.05) is 6.08 Å². The number of aryl methyl sites for hydroxylation is 1. The fourth-order valence-corrected chi connectivity index (χ4v) is 3.56. The molecular formula is C15H14N2OS2. The van der Waals surface area contributed by atoms with Crippen LogP contribution in [0.25, 0.3) is 6.08 Å². The van der Waals surface area contributed by atoms with Crippen molar-refractivity contribution in [3.8, 4) is 0 Å². The number of nitrogens with zero attached hydrogens (tertiary/aromatic N) is 1. The van der Waals surface area contributed by atoms with Gasteiger partial charge in [-0.15, -0.1) is 0 Å². The maximum atomic E-state index is 12.0. The molecule has 0 spiro atoms. The Balaban J connectivity index is 2.13. The van der Waals surface area contributed by atoms with Gasteiger partial charge in [0.15, 0.2) is 0 Å². The van der Waals surface area contributed by atoms with Crippen molar-refractivity contribution in [3.05, 3.63) is 46.0 Å². The number of amides is 1. The number of likely N-dealkylation sites (N-methyl/N-ethyl adjacent to an activating group) is 1. The second-order valence-electron chi connectivity index (χ2n) is 4.70. The van der Waals surface area contributed by atoms with Crippen LogP contribution in [-0.4, -0.2) is 16.8 Å². The molecule has 0 unspecified atom stereocenters. The molecule has 2 heterocycles. The van der Waals surface area contributed by atoms with Crippen LogP contribution in [0.1, 0.15) is 18.1 Å². The number of fused-ring (bicyclic) bond motifs is 1. The minimum Gasteiger partial charge on any atom is -0.340 e. The number of thiocarbonyl (C=S) groups is 1. The molecule has 1 aromatic carbocycles. The minimum absolute atomic E-state index is 0.103. The van der Waals surface area contributed by atoms with Crippen LogP contribution in [0.2, 0.25) is 0 Å². The maximum Gasteiger partial charge on any atom is 0.265 e. The lowest BCUT2D eigenvalue weighted by atomic mass is 10.0. The predicted octanol–water partition coefficient (Wildman–Crippen LogP) is 3.21. The van der Waals surface area contributed by atoms with Crippen LogP contribution in [0.5, 0.6) is 0 Å². The monoisotopic (exact) mass is 302 g/mol. The number of carbonyl (C=O) groups excluding carboxylic acids is 1. The van der Waals surface area contributed by atoms with Gasteiger partial charge in [-0.2, -0.15) is 0 Å². The van der Waals surface area contributed by atoms with Crippen LogP contribution in [-0.2, 0) is 4.79 Å². The molecule has 3 nitrogen and oxygen atoms in total. The van der Waals surface area contributed by atoms with E-state index in [1.165, 1.54) is 22.9 Å². The van der Waals surface area contributed by atoms with E-state index in [1.54, 1.807) is 0 Å². The smallest absolute Gasteiger partial charge is 0.265 e. The standard InChI is InChI=1S/C15H14N2OS2/c1-3-17-11-6-4-9(2)8-10(11)5-7-12(17)13-14(18)16-15(19)20-13/h4-8H,3H2,1-2H3,(H,16,18,19)/b13-12-. The zero-order valence-corrected chi connectivity index (χ0v) is 12.9. The first kappa shape index (κ1) is 13.4. The molecule has 2 aliphatic heterocycles. The van der Waals surface area contributed by atoms with Crippen LogP contribution in [0.15, 0.2) is 34.9 Å². The molecule has 1 aromatic rings. The van der Waals surface area contributed by atoms with E-state index in [0.717, 1.165) is 17.9 Å². The average Bonchev–Trinajstić information content (AvgIpc) is 2.76. The van der Waals surface area contributed by atoms with Crippen molar-refractivity contribution in [2.24, 2.45) is 0 Å². The first-order valence-electron chi connectivity index (χ1n) is 6.44. The Morgan fingerprint density at radius 3 is 2.80 bits per heavy atom. The molecule has 20 heavy (non-hydrogen) atoms. The van der Waals surface area contributed by atoms with Gasteiger partial charge < -0.3 is 10.2 Å². The highest BCUT2D eigenvalue weighted by Crippen LogP contribution is 2.37. The van der Waals surface area contributed by atoms with Gasteiger partial charge in [0.25, 0.3) is 5.91 Å². The zero-order valence-electron chi connectivity index (χ0n) is 11.3. The lowest BCUT2D eigenvalue weighted by Gasteiger charge is -2.30.